The maximum absolute atomic E-state index is 12.2. The number of carbonyl (C=O) groups excluding carboxylic acids is 1. The van der Waals surface area contributed by atoms with E-state index in [2.05, 4.69) is 10.3 Å². The van der Waals surface area contributed by atoms with Crippen molar-refractivity contribution in [1.29, 1.82) is 0 Å². The van der Waals surface area contributed by atoms with E-state index in [0.717, 1.165) is 22.0 Å². The van der Waals surface area contributed by atoms with Crippen LogP contribution in [-0.2, 0) is 34.3 Å². The van der Waals surface area contributed by atoms with Gasteiger partial charge in [-0.05, 0) is 24.8 Å². The average Bonchev–Trinajstić information content (AvgIpc) is 3.14. The van der Waals surface area contributed by atoms with Gasteiger partial charge >= 0.3 is 0 Å². The smallest absolute Gasteiger partial charge is 0.235 e. The van der Waals surface area contributed by atoms with Gasteiger partial charge in [0.2, 0.25) is 5.91 Å². The van der Waals surface area contributed by atoms with Crippen LogP contribution in [0.4, 0.5) is 0 Å². The van der Waals surface area contributed by atoms with Gasteiger partial charge in [-0.25, -0.2) is 4.98 Å². The molecule has 1 amide bonds. The molecule has 2 aromatic rings. The molecule has 2 rings (SSSR count). The molecule has 0 aromatic carbocycles. The molecule has 21 heavy (non-hydrogen) atoms. The quantitative estimate of drug-likeness (QED) is 0.842. The minimum absolute atomic E-state index is 0.173. The van der Waals surface area contributed by atoms with E-state index in [-0.39, 0.29) is 5.91 Å². The molecular weight excluding hydrogens is 324 g/mol. The molecule has 0 aliphatic rings. The van der Waals surface area contributed by atoms with Crippen molar-refractivity contribution in [2.45, 2.75) is 37.8 Å². The van der Waals surface area contributed by atoms with E-state index < -0.39 is 16.0 Å². The zero-order chi connectivity index (χ0) is 15.2. The number of aromatic nitrogens is 1. The number of amides is 1. The van der Waals surface area contributed by atoms with Crippen molar-refractivity contribution in [1.82, 2.24) is 10.3 Å². The highest BCUT2D eigenvalue weighted by Crippen LogP contribution is 2.14. The van der Waals surface area contributed by atoms with E-state index in [1.807, 2.05) is 29.8 Å². The summed E-state index contributed by atoms with van der Waals surface area (Å²) in [7, 11) is -1.25. The summed E-state index contributed by atoms with van der Waals surface area (Å²) in [5.74, 6) is 0.164. The van der Waals surface area contributed by atoms with Gasteiger partial charge in [0.1, 0.15) is 5.25 Å². The molecule has 2 unspecified atom stereocenters. The number of aryl methyl sites for hydroxylation is 1. The summed E-state index contributed by atoms with van der Waals surface area (Å²) in [4.78, 5) is 17.5. The Balaban J connectivity index is 1.84. The van der Waals surface area contributed by atoms with Gasteiger partial charge in [-0.1, -0.05) is 13.0 Å². The van der Waals surface area contributed by atoms with E-state index in [0.29, 0.717) is 12.3 Å². The SMILES string of the molecule is CCc1nc(CS(=O)C(C)C(=O)NCc2cccs2)cs1. The summed E-state index contributed by atoms with van der Waals surface area (Å²) in [6, 6.07) is 3.91. The monoisotopic (exact) mass is 342 g/mol. The van der Waals surface area contributed by atoms with Gasteiger partial charge in [0.15, 0.2) is 0 Å². The lowest BCUT2D eigenvalue weighted by Crippen LogP contribution is -2.35. The van der Waals surface area contributed by atoms with Crippen LogP contribution in [0.1, 0.15) is 29.4 Å². The molecule has 0 saturated carbocycles. The molecule has 0 radical (unpaired) electrons. The molecule has 2 aromatic heterocycles. The number of hydrogen-bond acceptors (Lipinski definition) is 5. The van der Waals surface area contributed by atoms with Crippen LogP contribution in [0.3, 0.4) is 0 Å². The Hall–Kier alpha value is -1.05. The van der Waals surface area contributed by atoms with Crippen molar-refractivity contribution >= 4 is 39.4 Å². The zero-order valence-corrected chi connectivity index (χ0v) is 14.4. The van der Waals surface area contributed by atoms with E-state index in [1.54, 1.807) is 29.6 Å². The maximum atomic E-state index is 12.2. The molecule has 0 bridgehead atoms. The first-order chi connectivity index (χ1) is 10.1. The summed E-state index contributed by atoms with van der Waals surface area (Å²) in [5, 5.41) is 7.23. The van der Waals surface area contributed by atoms with Crippen molar-refractivity contribution < 1.29 is 9.00 Å². The second-order valence-corrected chi connectivity index (χ2v) is 8.28. The van der Waals surface area contributed by atoms with Gasteiger partial charge in [0.05, 0.1) is 23.0 Å². The van der Waals surface area contributed by atoms with Crippen LogP contribution in [0.15, 0.2) is 22.9 Å². The highest BCUT2D eigenvalue weighted by Gasteiger charge is 2.20. The van der Waals surface area contributed by atoms with E-state index >= 15 is 0 Å². The number of rotatable bonds is 7. The second kappa shape index (κ2) is 7.82. The second-order valence-electron chi connectivity index (χ2n) is 4.55. The van der Waals surface area contributed by atoms with Crippen molar-refractivity contribution in [3.8, 4) is 0 Å². The van der Waals surface area contributed by atoms with Crippen LogP contribution in [-0.4, -0.2) is 20.3 Å². The minimum Gasteiger partial charge on any atom is -0.350 e. The third-order valence-corrected chi connectivity index (χ3v) is 6.47. The van der Waals surface area contributed by atoms with Crippen molar-refractivity contribution in [2.24, 2.45) is 0 Å². The molecule has 0 aliphatic carbocycles. The highest BCUT2D eigenvalue weighted by atomic mass is 32.2. The van der Waals surface area contributed by atoms with E-state index in [9.17, 15) is 9.00 Å². The zero-order valence-electron chi connectivity index (χ0n) is 12.0. The molecule has 2 atom stereocenters. The average molecular weight is 343 g/mol. The number of nitrogens with zero attached hydrogens (tertiary/aromatic N) is 1. The summed E-state index contributed by atoms with van der Waals surface area (Å²) >= 11 is 3.17. The van der Waals surface area contributed by atoms with Crippen LogP contribution in [0.5, 0.6) is 0 Å². The topological polar surface area (TPSA) is 59.1 Å². The molecule has 0 aliphatic heterocycles. The molecular formula is C14H18N2O2S3. The molecule has 0 fully saturated rings. The maximum Gasteiger partial charge on any atom is 0.235 e. The molecule has 2 heterocycles. The number of hydrogen-bond donors (Lipinski definition) is 1. The summed E-state index contributed by atoms with van der Waals surface area (Å²) in [6.45, 7) is 4.24. The highest BCUT2D eigenvalue weighted by molar-refractivity contribution is 7.85. The lowest BCUT2D eigenvalue weighted by Gasteiger charge is -2.10. The van der Waals surface area contributed by atoms with Crippen LogP contribution < -0.4 is 5.32 Å². The lowest BCUT2D eigenvalue weighted by molar-refractivity contribution is -0.120. The van der Waals surface area contributed by atoms with Crippen molar-refractivity contribution in [3.63, 3.8) is 0 Å². The standard InChI is InChI=1S/C14H18N2O2S3/c1-3-13-16-11(8-20-13)9-21(18)10(2)14(17)15-7-12-5-4-6-19-12/h4-6,8,10H,3,7,9H2,1-2H3,(H,15,17). The van der Waals surface area contributed by atoms with Crippen LogP contribution in [0.2, 0.25) is 0 Å². The number of thiazole rings is 1. The third kappa shape index (κ3) is 4.72. The summed E-state index contributed by atoms with van der Waals surface area (Å²) in [5.41, 5.74) is 0.813. The Labute approximate surface area is 135 Å². The van der Waals surface area contributed by atoms with Crippen molar-refractivity contribution in [3.05, 3.63) is 38.5 Å². The predicted molar refractivity (Wildman–Crippen MR) is 89.0 cm³/mol. The minimum atomic E-state index is -1.25. The first-order valence-corrected chi connectivity index (χ1v) is 9.84. The summed E-state index contributed by atoms with van der Waals surface area (Å²) < 4.78 is 12.2. The van der Waals surface area contributed by atoms with Gasteiger partial charge in [-0.3, -0.25) is 9.00 Å². The van der Waals surface area contributed by atoms with Gasteiger partial charge < -0.3 is 5.32 Å². The first-order valence-electron chi connectivity index (χ1n) is 6.70. The molecule has 114 valence electrons. The van der Waals surface area contributed by atoms with Crippen LogP contribution in [0.25, 0.3) is 0 Å². The molecule has 4 nitrogen and oxygen atoms in total. The fourth-order valence-corrected chi connectivity index (χ4v) is 4.21. The fraction of sp³-hybridized carbons (Fsp3) is 0.429. The Morgan fingerprint density at radius 3 is 2.90 bits per heavy atom. The van der Waals surface area contributed by atoms with E-state index in [1.165, 1.54) is 0 Å². The third-order valence-electron chi connectivity index (χ3n) is 2.97. The predicted octanol–water partition coefficient (Wildman–Crippen LogP) is 2.72. The van der Waals surface area contributed by atoms with Gasteiger partial charge in [-0.15, -0.1) is 22.7 Å². The fourth-order valence-electron chi connectivity index (χ4n) is 1.70. The first kappa shape index (κ1) is 16.3. The number of thiophene rings is 1. The number of carbonyl (C=O) groups is 1. The summed E-state index contributed by atoms with van der Waals surface area (Å²) in [6.07, 6.45) is 0.883. The molecule has 7 heteroatoms. The Bertz CT molecular complexity index is 608. The Morgan fingerprint density at radius 2 is 2.29 bits per heavy atom. The molecule has 0 spiro atoms. The largest absolute Gasteiger partial charge is 0.350 e. The Morgan fingerprint density at radius 1 is 1.48 bits per heavy atom. The van der Waals surface area contributed by atoms with Crippen LogP contribution >= 0.6 is 22.7 Å². The van der Waals surface area contributed by atoms with Gasteiger partial charge in [-0.2, -0.15) is 0 Å². The molecule has 0 saturated heterocycles. The van der Waals surface area contributed by atoms with Gasteiger partial charge in [0.25, 0.3) is 0 Å². The number of nitrogens with one attached hydrogen (secondary N) is 1. The van der Waals surface area contributed by atoms with Gasteiger partial charge in [0, 0.05) is 21.1 Å². The van der Waals surface area contributed by atoms with Crippen molar-refractivity contribution in [2.75, 3.05) is 0 Å². The normalized spacial score (nSPS) is 13.8. The van der Waals surface area contributed by atoms with E-state index in [4.69, 9.17) is 0 Å². The molecule has 1 N–H and O–H groups in total. The lowest BCUT2D eigenvalue weighted by atomic mass is 10.4. The Kier molecular flexibility index (Phi) is 6.08. The van der Waals surface area contributed by atoms with Crippen LogP contribution in [0, 0.1) is 0 Å².